The second kappa shape index (κ2) is 10.7. The first-order valence-corrected chi connectivity index (χ1v) is 11.7. The van der Waals surface area contributed by atoms with Crippen LogP contribution in [0.3, 0.4) is 0 Å². The van der Waals surface area contributed by atoms with Crippen molar-refractivity contribution in [2.45, 2.75) is 31.7 Å². The molecule has 176 valence electrons. The maximum absolute atomic E-state index is 13.0. The highest BCUT2D eigenvalue weighted by Crippen LogP contribution is 2.34. The van der Waals surface area contributed by atoms with Gasteiger partial charge in [-0.05, 0) is 56.3 Å². The minimum atomic E-state index is -0.0993. The molecule has 2 aromatic rings. The maximum Gasteiger partial charge on any atom is 0.271 e. The number of aromatic amines is 1. The molecule has 1 saturated carbocycles. The summed E-state index contributed by atoms with van der Waals surface area (Å²) in [4.78, 5) is 36.9. The number of piperidine rings is 1. The standard InChI is InChI=1S/C25H33N5O3/c1-26-10-3-6-24(31)29-12-4-5-21(17-29)30(16-18-7-8-18)22-13-20(15-28-25(22)32)19-9-11-27-23(14-19)33-2/h3,6,9,11,13-15,18,21,26H,4-5,7-8,10,12,16-17H2,1-2H3,(H,28,32). The van der Waals surface area contributed by atoms with Gasteiger partial charge in [0.25, 0.3) is 5.56 Å². The molecule has 1 aliphatic carbocycles. The first kappa shape index (κ1) is 23.0. The molecule has 1 aliphatic heterocycles. The average molecular weight is 452 g/mol. The number of pyridine rings is 2. The second-order valence-electron chi connectivity index (χ2n) is 8.83. The monoisotopic (exact) mass is 451 g/mol. The summed E-state index contributed by atoms with van der Waals surface area (Å²) in [7, 11) is 3.45. The maximum atomic E-state index is 13.0. The molecule has 2 fully saturated rings. The molecular formula is C25H33N5O3. The van der Waals surface area contributed by atoms with E-state index in [1.807, 2.05) is 36.2 Å². The average Bonchev–Trinajstić information content (AvgIpc) is 3.67. The predicted octanol–water partition coefficient (Wildman–Crippen LogP) is 2.43. The van der Waals surface area contributed by atoms with Gasteiger partial charge in [-0.25, -0.2) is 4.98 Å². The van der Waals surface area contributed by atoms with Crippen LogP contribution in [0.5, 0.6) is 5.88 Å². The number of methoxy groups -OCH3 is 1. The molecule has 0 aromatic carbocycles. The van der Waals surface area contributed by atoms with Crippen LogP contribution >= 0.6 is 0 Å². The van der Waals surface area contributed by atoms with E-state index in [2.05, 4.69) is 20.2 Å². The SMILES string of the molecule is CNCC=CC(=O)N1CCCC(N(CC2CC2)c2cc(-c3ccnc(OC)c3)c[nH]c2=O)C1. The fourth-order valence-corrected chi connectivity index (χ4v) is 4.37. The summed E-state index contributed by atoms with van der Waals surface area (Å²) < 4.78 is 5.26. The number of hydrogen-bond donors (Lipinski definition) is 2. The van der Waals surface area contributed by atoms with E-state index in [9.17, 15) is 9.59 Å². The summed E-state index contributed by atoms with van der Waals surface area (Å²) in [5.41, 5.74) is 2.41. The van der Waals surface area contributed by atoms with E-state index in [1.54, 1.807) is 25.6 Å². The van der Waals surface area contributed by atoms with Gasteiger partial charge in [-0.3, -0.25) is 9.59 Å². The number of nitrogens with one attached hydrogen (secondary N) is 2. The lowest BCUT2D eigenvalue weighted by molar-refractivity contribution is -0.127. The van der Waals surface area contributed by atoms with Gasteiger partial charge in [-0.2, -0.15) is 0 Å². The summed E-state index contributed by atoms with van der Waals surface area (Å²) in [6.07, 6.45) is 11.2. The highest BCUT2D eigenvalue weighted by Gasteiger charge is 2.33. The van der Waals surface area contributed by atoms with Crippen molar-refractivity contribution in [3.05, 3.63) is 53.1 Å². The van der Waals surface area contributed by atoms with Crippen molar-refractivity contribution in [1.82, 2.24) is 20.2 Å². The van der Waals surface area contributed by atoms with Crippen LogP contribution in [0.2, 0.25) is 0 Å². The Morgan fingerprint density at radius 1 is 1.33 bits per heavy atom. The van der Waals surface area contributed by atoms with Gasteiger partial charge < -0.3 is 24.8 Å². The summed E-state index contributed by atoms with van der Waals surface area (Å²) >= 11 is 0. The van der Waals surface area contributed by atoms with Crippen molar-refractivity contribution >= 4 is 11.6 Å². The third-order valence-electron chi connectivity index (χ3n) is 6.35. The van der Waals surface area contributed by atoms with Crippen LogP contribution in [0.1, 0.15) is 25.7 Å². The van der Waals surface area contributed by atoms with Crippen molar-refractivity contribution in [1.29, 1.82) is 0 Å². The predicted molar refractivity (Wildman–Crippen MR) is 130 cm³/mol. The van der Waals surface area contributed by atoms with E-state index in [0.29, 0.717) is 30.6 Å². The highest BCUT2D eigenvalue weighted by molar-refractivity contribution is 5.87. The van der Waals surface area contributed by atoms with Gasteiger partial charge in [0.15, 0.2) is 0 Å². The number of carbonyl (C=O) groups excluding carboxylic acids is 1. The van der Waals surface area contributed by atoms with Crippen molar-refractivity contribution in [3.8, 4) is 17.0 Å². The van der Waals surface area contributed by atoms with Crippen LogP contribution in [-0.4, -0.2) is 67.2 Å². The van der Waals surface area contributed by atoms with Crippen LogP contribution in [0.4, 0.5) is 5.69 Å². The minimum Gasteiger partial charge on any atom is -0.481 e. The van der Waals surface area contributed by atoms with E-state index >= 15 is 0 Å². The molecule has 8 heteroatoms. The van der Waals surface area contributed by atoms with Crippen LogP contribution < -0.4 is 20.5 Å². The Labute approximate surface area is 194 Å². The molecule has 33 heavy (non-hydrogen) atoms. The van der Waals surface area contributed by atoms with Gasteiger partial charge in [0, 0.05) is 62.3 Å². The summed E-state index contributed by atoms with van der Waals surface area (Å²) in [5, 5.41) is 3.02. The number of carbonyl (C=O) groups is 1. The smallest absolute Gasteiger partial charge is 0.271 e. The number of aromatic nitrogens is 2. The van der Waals surface area contributed by atoms with Gasteiger partial charge in [-0.15, -0.1) is 0 Å². The second-order valence-corrected chi connectivity index (χ2v) is 8.83. The molecule has 1 amide bonds. The lowest BCUT2D eigenvalue weighted by Crippen LogP contribution is -2.51. The van der Waals surface area contributed by atoms with Crippen LogP contribution in [0, 0.1) is 5.92 Å². The number of nitrogens with zero attached hydrogens (tertiary/aromatic N) is 3. The Bertz CT molecular complexity index is 1050. The molecule has 4 rings (SSSR count). The van der Waals surface area contributed by atoms with E-state index in [4.69, 9.17) is 4.74 Å². The zero-order chi connectivity index (χ0) is 23.2. The molecule has 2 aromatic heterocycles. The number of hydrogen-bond acceptors (Lipinski definition) is 6. The molecule has 1 unspecified atom stereocenters. The van der Waals surface area contributed by atoms with E-state index < -0.39 is 0 Å². The minimum absolute atomic E-state index is 0.0351. The number of likely N-dealkylation sites (N-methyl/N-ethyl adjacent to an activating group) is 1. The van der Waals surface area contributed by atoms with Crippen LogP contribution in [0.15, 0.2) is 47.5 Å². The molecule has 0 spiro atoms. The Hall–Kier alpha value is -3.13. The highest BCUT2D eigenvalue weighted by atomic mass is 16.5. The van der Waals surface area contributed by atoms with Gasteiger partial charge >= 0.3 is 0 Å². The van der Waals surface area contributed by atoms with Crippen molar-refractivity contribution in [2.75, 3.05) is 45.2 Å². The zero-order valence-corrected chi connectivity index (χ0v) is 19.4. The fraction of sp³-hybridized carbons (Fsp3) is 0.480. The largest absolute Gasteiger partial charge is 0.481 e. The lowest BCUT2D eigenvalue weighted by Gasteiger charge is -2.40. The molecule has 2 N–H and O–H groups in total. The molecule has 8 nitrogen and oxygen atoms in total. The Kier molecular flexibility index (Phi) is 7.44. The van der Waals surface area contributed by atoms with Crippen molar-refractivity contribution < 1.29 is 9.53 Å². The summed E-state index contributed by atoms with van der Waals surface area (Å²) in [5.74, 6) is 1.17. The van der Waals surface area contributed by atoms with Gasteiger partial charge in [0.2, 0.25) is 11.8 Å². The summed E-state index contributed by atoms with van der Waals surface area (Å²) in [6, 6.07) is 5.85. The quantitative estimate of drug-likeness (QED) is 0.569. The van der Waals surface area contributed by atoms with Crippen LogP contribution in [-0.2, 0) is 4.79 Å². The first-order chi connectivity index (χ1) is 16.1. The normalized spacial score (nSPS) is 18.5. The molecule has 0 radical (unpaired) electrons. The van der Waals surface area contributed by atoms with Gasteiger partial charge in [0.05, 0.1) is 7.11 Å². The number of amides is 1. The number of rotatable bonds is 9. The molecule has 1 atom stereocenters. The number of likely N-dealkylation sites (tertiary alicyclic amines) is 1. The van der Waals surface area contributed by atoms with Gasteiger partial charge in [-0.1, -0.05) is 6.08 Å². The number of H-pyrrole nitrogens is 1. The third kappa shape index (κ3) is 5.82. The number of anilines is 1. The van der Waals surface area contributed by atoms with Crippen LogP contribution in [0.25, 0.3) is 11.1 Å². The zero-order valence-electron chi connectivity index (χ0n) is 19.4. The topological polar surface area (TPSA) is 90.6 Å². The Morgan fingerprint density at radius 2 is 2.18 bits per heavy atom. The third-order valence-corrected chi connectivity index (χ3v) is 6.35. The number of ether oxygens (including phenoxy) is 1. The van der Waals surface area contributed by atoms with Crippen molar-refractivity contribution in [2.24, 2.45) is 5.92 Å². The van der Waals surface area contributed by atoms with E-state index in [1.165, 1.54) is 12.8 Å². The van der Waals surface area contributed by atoms with E-state index in [0.717, 1.165) is 37.1 Å². The Balaban J connectivity index is 1.60. The summed E-state index contributed by atoms with van der Waals surface area (Å²) in [6.45, 7) is 2.89. The van der Waals surface area contributed by atoms with E-state index in [-0.39, 0.29) is 17.5 Å². The molecular weight excluding hydrogens is 418 g/mol. The molecule has 0 bridgehead atoms. The lowest BCUT2D eigenvalue weighted by atomic mass is 10.0. The van der Waals surface area contributed by atoms with Crippen molar-refractivity contribution in [3.63, 3.8) is 0 Å². The Morgan fingerprint density at radius 3 is 2.94 bits per heavy atom. The van der Waals surface area contributed by atoms with Gasteiger partial charge in [0.1, 0.15) is 5.69 Å². The molecule has 1 saturated heterocycles. The molecule has 2 aliphatic rings. The molecule has 3 heterocycles. The fourth-order valence-electron chi connectivity index (χ4n) is 4.37. The first-order valence-electron chi connectivity index (χ1n) is 11.7.